The summed E-state index contributed by atoms with van der Waals surface area (Å²) in [6.45, 7) is 8.94. The molecular weight excluding hydrogens is 598 g/mol. The minimum Gasteiger partial charge on any atom is -0.488 e. The largest absolute Gasteiger partial charge is 0.488 e. The van der Waals surface area contributed by atoms with E-state index in [-0.39, 0.29) is 37.0 Å². The number of aliphatic hydroxyl groups is 1. The third-order valence-corrected chi connectivity index (χ3v) is 8.29. The van der Waals surface area contributed by atoms with Crippen LogP contribution in [0.5, 0.6) is 17.2 Å². The quantitative estimate of drug-likeness (QED) is 0.192. The van der Waals surface area contributed by atoms with Crippen molar-refractivity contribution in [1.29, 1.82) is 0 Å². The van der Waals surface area contributed by atoms with Crippen LogP contribution in [0.15, 0.2) is 77.3 Å². The summed E-state index contributed by atoms with van der Waals surface area (Å²) < 4.78 is 17.7. The van der Waals surface area contributed by atoms with E-state index in [4.69, 9.17) is 14.0 Å². The molecule has 5 rings (SSSR count). The Kier molecular flexibility index (Phi) is 10.8. The fraction of sp³-hybridized carbons (Fsp3) is 0.361. The first-order valence-corrected chi connectivity index (χ1v) is 15.8. The number of aromatic nitrogens is 1. The van der Waals surface area contributed by atoms with E-state index in [1.54, 1.807) is 36.9 Å². The lowest BCUT2D eigenvalue weighted by Crippen LogP contribution is -2.47. The number of hydrogen-bond acceptors (Lipinski definition) is 8. The SMILES string of the molecule is Cc1noc(C)c1NC(=O)Nc1ccc2c(c1)CC(=O)N([C@H](C)CO)C[C@H](C)[C@@H](CN(C)Cc1ccc(Oc3ccccc3)cc1)O2. The van der Waals surface area contributed by atoms with Crippen LogP contribution in [0.4, 0.5) is 16.2 Å². The molecule has 4 aromatic rings. The van der Waals surface area contributed by atoms with Crippen LogP contribution >= 0.6 is 0 Å². The van der Waals surface area contributed by atoms with Crippen LogP contribution in [0.25, 0.3) is 0 Å². The molecule has 1 aliphatic rings. The fourth-order valence-electron chi connectivity index (χ4n) is 5.63. The molecule has 47 heavy (non-hydrogen) atoms. The van der Waals surface area contributed by atoms with Gasteiger partial charge in [-0.25, -0.2) is 4.79 Å². The molecule has 0 saturated heterocycles. The zero-order valence-corrected chi connectivity index (χ0v) is 27.5. The van der Waals surface area contributed by atoms with Gasteiger partial charge in [0, 0.05) is 36.8 Å². The zero-order valence-electron chi connectivity index (χ0n) is 27.5. The van der Waals surface area contributed by atoms with Crippen molar-refractivity contribution in [3.8, 4) is 17.2 Å². The Hall–Kier alpha value is -4.87. The highest BCUT2D eigenvalue weighted by atomic mass is 16.5. The molecule has 0 spiro atoms. The van der Waals surface area contributed by atoms with Crippen molar-refractivity contribution < 1.29 is 28.7 Å². The second kappa shape index (κ2) is 15.1. The van der Waals surface area contributed by atoms with Gasteiger partial charge in [-0.3, -0.25) is 9.69 Å². The first kappa shape index (κ1) is 33.5. The number of benzene rings is 3. The predicted octanol–water partition coefficient (Wildman–Crippen LogP) is 6.01. The van der Waals surface area contributed by atoms with Gasteiger partial charge < -0.3 is 34.6 Å². The summed E-state index contributed by atoms with van der Waals surface area (Å²) in [5.41, 5.74) is 3.36. The number of hydrogen-bond donors (Lipinski definition) is 3. The molecule has 2 heterocycles. The van der Waals surface area contributed by atoms with Gasteiger partial charge in [0.25, 0.3) is 0 Å². The van der Waals surface area contributed by atoms with Crippen molar-refractivity contribution in [1.82, 2.24) is 15.0 Å². The highest BCUT2D eigenvalue weighted by molar-refractivity contribution is 6.00. The predicted molar refractivity (Wildman–Crippen MR) is 180 cm³/mol. The number of para-hydroxylation sites is 1. The lowest BCUT2D eigenvalue weighted by Gasteiger charge is -2.34. The average molecular weight is 642 g/mol. The number of urea groups is 1. The Bertz CT molecular complexity index is 1640. The summed E-state index contributed by atoms with van der Waals surface area (Å²) in [7, 11) is 2.04. The van der Waals surface area contributed by atoms with Crippen molar-refractivity contribution in [2.24, 2.45) is 5.92 Å². The minimum atomic E-state index is -0.460. The zero-order chi connectivity index (χ0) is 33.5. The molecule has 0 aliphatic carbocycles. The van der Waals surface area contributed by atoms with Gasteiger partial charge in [-0.05, 0) is 75.8 Å². The smallest absolute Gasteiger partial charge is 0.323 e. The Morgan fingerprint density at radius 1 is 1.09 bits per heavy atom. The number of nitrogens with one attached hydrogen (secondary N) is 2. The highest BCUT2D eigenvalue weighted by Crippen LogP contribution is 2.30. The number of anilines is 2. The van der Waals surface area contributed by atoms with Crippen molar-refractivity contribution in [3.63, 3.8) is 0 Å². The summed E-state index contributed by atoms with van der Waals surface area (Å²) in [4.78, 5) is 30.3. The maximum absolute atomic E-state index is 13.6. The molecule has 0 radical (unpaired) electrons. The van der Waals surface area contributed by atoms with Crippen LogP contribution in [0.3, 0.4) is 0 Å². The van der Waals surface area contributed by atoms with Crippen molar-refractivity contribution >= 4 is 23.3 Å². The molecule has 248 valence electrons. The van der Waals surface area contributed by atoms with Gasteiger partial charge >= 0.3 is 6.03 Å². The average Bonchev–Trinajstić information content (AvgIpc) is 3.38. The fourth-order valence-corrected chi connectivity index (χ4v) is 5.63. The number of aryl methyl sites for hydroxylation is 2. The van der Waals surface area contributed by atoms with Gasteiger partial charge in [0.2, 0.25) is 5.91 Å². The molecule has 11 heteroatoms. The molecule has 11 nitrogen and oxygen atoms in total. The maximum atomic E-state index is 13.6. The van der Waals surface area contributed by atoms with Gasteiger partial charge in [-0.2, -0.15) is 0 Å². The number of likely N-dealkylation sites (N-methyl/N-ethyl adjacent to an activating group) is 1. The number of rotatable bonds is 10. The van der Waals surface area contributed by atoms with Gasteiger partial charge in [0.05, 0.1) is 19.1 Å². The molecule has 0 saturated carbocycles. The summed E-state index contributed by atoms with van der Waals surface area (Å²) in [6.07, 6.45) is -0.201. The first-order valence-electron chi connectivity index (χ1n) is 15.8. The molecule has 0 bridgehead atoms. The van der Waals surface area contributed by atoms with E-state index < -0.39 is 6.03 Å². The maximum Gasteiger partial charge on any atom is 0.323 e. The Morgan fingerprint density at radius 3 is 2.49 bits per heavy atom. The van der Waals surface area contributed by atoms with Gasteiger partial charge in [-0.15, -0.1) is 0 Å². The van der Waals surface area contributed by atoms with Gasteiger partial charge in [-0.1, -0.05) is 42.4 Å². The van der Waals surface area contributed by atoms with Crippen molar-refractivity contribution in [2.45, 2.75) is 52.8 Å². The topological polar surface area (TPSA) is 129 Å². The van der Waals surface area contributed by atoms with Crippen LogP contribution in [0.1, 0.15) is 36.4 Å². The number of nitrogens with zero attached hydrogens (tertiary/aromatic N) is 3. The molecule has 3 atom stereocenters. The Labute approximate surface area is 275 Å². The summed E-state index contributed by atoms with van der Waals surface area (Å²) >= 11 is 0. The summed E-state index contributed by atoms with van der Waals surface area (Å²) in [5.74, 6) is 2.49. The number of aliphatic hydroxyl groups excluding tert-OH is 1. The molecule has 0 unspecified atom stereocenters. The second-order valence-corrected chi connectivity index (χ2v) is 12.2. The number of carbonyl (C=O) groups is 2. The number of fused-ring (bicyclic) bond motifs is 1. The minimum absolute atomic E-state index is 0.0402. The highest BCUT2D eigenvalue weighted by Gasteiger charge is 2.31. The molecule has 1 aromatic heterocycles. The lowest BCUT2D eigenvalue weighted by atomic mass is 10.0. The third-order valence-electron chi connectivity index (χ3n) is 8.29. The molecular formula is C36H43N5O6. The van der Waals surface area contributed by atoms with Gasteiger partial charge in [0.1, 0.15) is 34.7 Å². The van der Waals surface area contributed by atoms with Crippen molar-refractivity contribution in [2.75, 3.05) is 37.4 Å². The lowest BCUT2D eigenvalue weighted by molar-refractivity contribution is -0.134. The standard InChI is InChI=1S/C36H43N5O6/c1-23-19-41(24(2)22-42)34(43)18-28-17-29(37-36(44)38-35-25(3)39-47-26(35)4)13-16-32(28)46-33(23)21-40(5)20-27-11-14-31(15-12-27)45-30-9-7-6-8-10-30/h6-17,23-24,33,42H,18-22H2,1-5H3,(H2,37,38,44)/t23-,24+,33+/m0/s1. The molecule has 3 amide bonds. The number of ether oxygens (including phenoxy) is 2. The Balaban J connectivity index is 1.31. The molecule has 0 fully saturated rings. The Morgan fingerprint density at radius 2 is 1.81 bits per heavy atom. The summed E-state index contributed by atoms with van der Waals surface area (Å²) in [6, 6.07) is 22.2. The van der Waals surface area contributed by atoms with E-state index in [1.807, 2.05) is 56.4 Å². The van der Waals surface area contributed by atoms with Crippen LogP contribution in [0, 0.1) is 19.8 Å². The normalized spacial score (nSPS) is 17.2. The molecule has 3 N–H and O–H groups in total. The molecule has 1 aliphatic heterocycles. The van der Waals surface area contributed by atoms with Crippen LogP contribution < -0.4 is 20.1 Å². The van der Waals surface area contributed by atoms with Crippen LogP contribution in [0.2, 0.25) is 0 Å². The van der Waals surface area contributed by atoms with E-state index in [0.717, 1.165) is 17.1 Å². The van der Waals surface area contributed by atoms with E-state index in [0.29, 0.717) is 53.8 Å². The van der Waals surface area contributed by atoms with E-state index in [1.165, 1.54) is 0 Å². The van der Waals surface area contributed by atoms with Crippen LogP contribution in [-0.4, -0.2) is 70.9 Å². The van der Waals surface area contributed by atoms with E-state index in [2.05, 4.69) is 39.7 Å². The monoisotopic (exact) mass is 641 g/mol. The molecule has 3 aromatic carbocycles. The number of carbonyl (C=O) groups excluding carboxylic acids is 2. The van der Waals surface area contributed by atoms with Gasteiger partial charge in [0.15, 0.2) is 5.76 Å². The number of amides is 3. The van der Waals surface area contributed by atoms with E-state index in [9.17, 15) is 14.7 Å². The van der Waals surface area contributed by atoms with Crippen LogP contribution in [-0.2, 0) is 17.8 Å². The second-order valence-electron chi connectivity index (χ2n) is 12.2. The summed E-state index contributed by atoms with van der Waals surface area (Å²) in [5, 5.41) is 19.5. The first-order chi connectivity index (χ1) is 22.6. The van der Waals surface area contributed by atoms with E-state index >= 15 is 0 Å². The third kappa shape index (κ3) is 8.69. The van der Waals surface area contributed by atoms with Crippen molar-refractivity contribution in [3.05, 3.63) is 95.4 Å².